The van der Waals surface area contributed by atoms with Crippen LogP contribution in [-0.4, -0.2) is 13.1 Å². The van der Waals surface area contributed by atoms with Gasteiger partial charge in [0.1, 0.15) is 0 Å². The number of rotatable bonds is 6. The van der Waals surface area contributed by atoms with Gasteiger partial charge >= 0.3 is 0 Å². The van der Waals surface area contributed by atoms with E-state index in [-0.39, 0.29) is 0 Å². The Morgan fingerprint density at radius 3 is 2.58 bits per heavy atom. The van der Waals surface area contributed by atoms with E-state index in [0.717, 1.165) is 18.9 Å². The Hall–Kier alpha value is -0.300. The third kappa shape index (κ3) is 2.34. The lowest BCUT2D eigenvalue weighted by Crippen LogP contribution is -2.28. The second kappa shape index (κ2) is 4.08. The van der Waals surface area contributed by atoms with Gasteiger partial charge in [-0.1, -0.05) is 19.9 Å². The highest BCUT2D eigenvalue weighted by Gasteiger charge is 2.44. The lowest BCUT2D eigenvalue weighted by molar-refractivity contribution is 0.340. The third-order valence-electron chi connectivity index (χ3n) is 3.12. The predicted octanol–water partition coefficient (Wildman–Crippen LogP) is 2.59. The zero-order valence-electron chi connectivity index (χ0n) is 8.40. The number of hydrogen-bond donors (Lipinski definition) is 1. The summed E-state index contributed by atoms with van der Waals surface area (Å²) in [5.74, 6) is 0.841. The van der Waals surface area contributed by atoms with Crippen LogP contribution in [0.25, 0.3) is 0 Å². The fourth-order valence-electron chi connectivity index (χ4n) is 1.66. The molecule has 1 saturated carbocycles. The molecule has 0 aliphatic heterocycles. The van der Waals surface area contributed by atoms with Gasteiger partial charge in [-0.3, -0.25) is 0 Å². The molecule has 0 spiro atoms. The molecule has 0 amide bonds. The minimum absolute atomic E-state index is 0.654. The van der Waals surface area contributed by atoms with Crippen molar-refractivity contribution in [1.29, 1.82) is 0 Å². The van der Waals surface area contributed by atoms with E-state index in [1.54, 1.807) is 0 Å². The maximum absolute atomic E-state index is 3.71. The summed E-state index contributed by atoms with van der Waals surface area (Å²) in [7, 11) is 0. The standard InChI is InChI=1S/C11H21N/c1-4-5-8-12-9-11(6-7-11)10(2)3/h4,10,12H,1,5-9H2,2-3H3. The third-order valence-corrected chi connectivity index (χ3v) is 3.12. The molecule has 1 nitrogen and oxygen atoms in total. The first-order valence-corrected chi connectivity index (χ1v) is 5.03. The lowest BCUT2D eigenvalue weighted by atomic mass is 9.92. The first-order valence-electron chi connectivity index (χ1n) is 5.03. The summed E-state index contributed by atoms with van der Waals surface area (Å²) in [5.41, 5.74) is 0.654. The fraction of sp³-hybridized carbons (Fsp3) is 0.818. The topological polar surface area (TPSA) is 12.0 Å². The quantitative estimate of drug-likeness (QED) is 0.473. The molecule has 12 heavy (non-hydrogen) atoms. The van der Waals surface area contributed by atoms with Crippen LogP contribution in [0.2, 0.25) is 0 Å². The summed E-state index contributed by atoms with van der Waals surface area (Å²) >= 11 is 0. The molecule has 0 heterocycles. The molecule has 1 aliphatic rings. The van der Waals surface area contributed by atoms with Gasteiger partial charge in [-0.15, -0.1) is 6.58 Å². The van der Waals surface area contributed by atoms with Gasteiger partial charge in [0.25, 0.3) is 0 Å². The molecule has 0 unspecified atom stereocenters. The van der Waals surface area contributed by atoms with Crippen LogP contribution in [0.4, 0.5) is 0 Å². The molecule has 1 rings (SSSR count). The summed E-state index contributed by atoms with van der Waals surface area (Å²) < 4.78 is 0. The van der Waals surface area contributed by atoms with Crippen molar-refractivity contribution in [3.63, 3.8) is 0 Å². The summed E-state index contributed by atoms with van der Waals surface area (Å²) in [6, 6.07) is 0. The van der Waals surface area contributed by atoms with Gasteiger partial charge < -0.3 is 5.32 Å². The van der Waals surface area contributed by atoms with Crippen LogP contribution in [0.1, 0.15) is 33.1 Å². The van der Waals surface area contributed by atoms with Crippen molar-refractivity contribution in [2.24, 2.45) is 11.3 Å². The molecule has 0 aromatic heterocycles. The van der Waals surface area contributed by atoms with Crippen molar-refractivity contribution in [1.82, 2.24) is 5.32 Å². The van der Waals surface area contributed by atoms with Gasteiger partial charge in [-0.05, 0) is 37.1 Å². The number of nitrogens with one attached hydrogen (secondary N) is 1. The summed E-state index contributed by atoms with van der Waals surface area (Å²) in [5, 5.41) is 3.50. The van der Waals surface area contributed by atoms with Crippen LogP contribution in [-0.2, 0) is 0 Å². The summed E-state index contributed by atoms with van der Waals surface area (Å²) in [6.07, 6.45) is 5.91. The molecular formula is C11H21N. The van der Waals surface area contributed by atoms with E-state index in [1.165, 1.54) is 19.4 Å². The predicted molar refractivity (Wildman–Crippen MR) is 54.2 cm³/mol. The van der Waals surface area contributed by atoms with E-state index in [0.29, 0.717) is 5.41 Å². The van der Waals surface area contributed by atoms with Crippen LogP contribution in [0.5, 0.6) is 0 Å². The first kappa shape index (κ1) is 9.79. The van der Waals surface area contributed by atoms with E-state index < -0.39 is 0 Å². The van der Waals surface area contributed by atoms with Crippen LogP contribution in [0.3, 0.4) is 0 Å². The Labute approximate surface area is 76.2 Å². The van der Waals surface area contributed by atoms with Crippen molar-refractivity contribution in [2.75, 3.05) is 13.1 Å². The van der Waals surface area contributed by atoms with Crippen molar-refractivity contribution >= 4 is 0 Å². The van der Waals surface area contributed by atoms with Crippen LogP contribution >= 0.6 is 0 Å². The lowest BCUT2D eigenvalue weighted by Gasteiger charge is -2.19. The van der Waals surface area contributed by atoms with Gasteiger partial charge in [0.2, 0.25) is 0 Å². The average Bonchev–Trinajstić information content (AvgIpc) is 2.79. The highest BCUT2D eigenvalue weighted by Crippen LogP contribution is 2.51. The van der Waals surface area contributed by atoms with E-state index >= 15 is 0 Å². The normalized spacial score (nSPS) is 19.6. The van der Waals surface area contributed by atoms with Crippen molar-refractivity contribution in [2.45, 2.75) is 33.1 Å². The molecule has 70 valence electrons. The van der Waals surface area contributed by atoms with E-state index in [9.17, 15) is 0 Å². The average molecular weight is 167 g/mol. The monoisotopic (exact) mass is 167 g/mol. The van der Waals surface area contributed by atoms with Crippen LogP contribution in [0.15, 0.2) is 12.7 Å². The molecule has 0 saturated heterocycles. The molecule has 0 radical (unpaired) electrons. The van der Waals surface area contributed by atoms with E-state index in [2.05, 4.69) is 25.7 Å². The number of hydrogen-bond acceptors (Lipinski definition) is 1. The molecular weight excluding hydrogens is 146 g/mol. The molecule has 0 aromatic carbocycles. The van der Waals surface area contributed by atoms with Gasteiger partial charge in [0, 0.05) is 6.54 Å². The Bertz CT molecular complexity index is 145. The zero-order chi connectivity index (χ0) is 9.03. The van der Waals surface area contributed by atoms with Crippen LogP contribution < -0.4 is 5.32 Å². The first-order chi connectivity index (χ1) is 5.71. The summed E-state index contributed by atoms with van der Waals surface area (Å²) in [6.45, 7) is 10.7. The van der Waals surface area contributed by atoms with Gasteiger partial charge in [0.05, 0.1) is 0 Å². The molecule has 0 aromatic rings. The van der Waals surface area contributed by atoms with Gasteiger partial charge in [0.15, 0.2) is 0 Å². The summed E-state index contributed by atoms with van der Waals surface area (Å²) in [4.78, 5) is 0. The van der Waals surface area contributed by atoms with Crippen molar-refractivity contribution in [3.8, 4) is 0 Å². The van der Waals surface area contributed by atoms with Crippen LogP contribution in [0, 0.1) is 11.3 Å². The molecule has 1 aliphatic carbocycles. The Morgan fingerprint density at radius 2 is 2.17 bits per heavy atom. The van der Waals surface area contributed by atoms with Gasteiger partial charge in [-0.2, -0.15) is 0 Å². The second-order valence-electron chi connectivity index (χ2n) is 4.27. The maximum atomic E-state index is 3.71. The smallest absolute Gasteiger partial charge is 0.00104 e. The molecule has 0 atom stereocenters. The SMILES string of the molecule is C=CCCNCC1(C(C)C)CC1. The Kier molecular flexibility index (Phi) is 3.33. The van der Waals surface area contributed by atoms with Crippen molar-refractivity contribution < 1.29 is 0 Å². The minimum Gasteiger partial charge on any atom is -0.316 e. The Morgan fingerprint density at radius 1 is 1.50 bits per heavy atom. The molecule has 1 N–H and O–H groups in total. The Balaban J connectivity index is 2.10. The fourth-order valence-corrected chi connectivity index (χ4v) is 1.66. The molecule has 1 heteroatoms. The minimum atomic E-state index is 0.654. The largest absolute Gasteiger partial charge is 0.316 e. The molecule has 1 fully saturated rings. The van der Waals surface area contributed by atoms with Crippen molar-refractivity contribution in [3.05, 3.63) is 12.7 Å². The van der Waals surface area contributed by atoms with E-state index in [1.807, 2.05) is 6.08 Å². The highest BCUT2D eigenvalue weighted by atomic mass is 14.9. The highest BCUT2D eigenvalue weighted by molar-refractivity contribution is 4.97. The van der Waals surface area contributed by atoms with Gasteiger partial charge in [-0.25, -0.2) is 0 Å². The maximum Gasteiger partial charge on any atom is 0.00104 e. The second-order valence-corrected chi connectivity index (χ2v) is 4.27. The van der Waals surface area contributed by atoms with E-state index in [4.69, 9.17) is 0 Å². The molecule has 0 bridgehead atoms. The zero-order valence-corrected chi connectivity index (χ0v) is 8.40.